The Hall–Kier alpha value is -1.99. The van der Waals surface area contributed by atoms with Crippen molar-refractivity contribution in [1.82, 2.24) is 15.1 Å². The minimum absolute atomic E-state index is 0. The molecule has 7 nitrogen and oxygen atoms in total. The summed E-state index contributed by atoms with van der Waals surface area (Å²) in [4.78, 5) is 28.0. The van der Waals surface area contributed by atoms with E-state index in [-0.39, 0.29) is 30.8 Å². The van der Waals surface area contributed by atoms with E-state index in [0.29, 0.717) is 30.2 Å². The number of hydrogen-bond donors (Lipinski definition) is 1. The van der Waals surface area contributed by atoms with Crippen LogP contribution in [0.3, 0.4) is 0 Å². The van der Waals surface area contributed by atoms with E-state index in [4.69, 9.17) is 9.47 Å². The lowest BCUT2D eigenvalue weighted by Crippen LogP contribution is -2.49. The van der Waals surface area contributed by atoms with E-state index in [0.717, 1.165) is 13.1 Å². The molecule has 0 aromatic heterocycles. The molecule has 0 bridgehead atoms. The first-order chi connectivity index (χ1) is 11.1. The first-order valence-corrected chi connectivity index (χ1v) is 7.52. The van der Waals surface area contributed by atoms with Gasteiger partial charge < -0.3 is 24.6 Å². The molecule has 0 spiro atoms. The van der Waals surface area contributed by atoms with Gasteiger partial charge in [-0.15, -0.1) is 12.4 Å². The molecule has 1 heterocycles. The van der Waals surface area contributed by atoms with Crippen molar-refractivity contribution in [2.24, 2.45) is 0 Å². The van der Waals surface area contributed by atoms with Gasteiger partial charge in [-0.2, -0.15) is 0 Å². The molecule has 1 fully saturated rings. The van der Waals surface area contributed by atoms with Crippen LogP contribution in [0.5, 0.6) is 11.5 Å². The van der Waals surface area contributed by atoms with Gasteiger partial charge in [-0.25, -0.2) is 0 Å². The van der Waals surface area contributed by atoms with Crippen LogP contribution < -0.4 is 14.8 Å². The molecule has 0 aliphatic carbocycles. The lowest BCUT2D eigenvalue weighted by molar-refractivity contribution is -0.132. The molecule has 8 heteroatoms. The minimum Gasteiger partial charge on any atom is -0.497 e. The van der Waals surface area contributed by atoms with Crippen LogP contribution in [0.25, 0.3) is 0 Å². The van der Waals surface area contributed by atoms with Crippen LogP contribution in [0, 0.1) is 0 Å². The highest BCUT2D eigenvalue weighted by Gasteiger charge is 2.22. The second-order valence-corrected chi connectivity index (χ2v) is 5.36. The number of nitrogens with one attached hydrogen (secondary N) is 1. The third-order valence-corrected chi connectivity index (χ3v) is 3.83. The molecule has 0 saturated carbocycles. The van der Waals surface area contributed by atoms with Crippen molar-refractivity contribution in [3.05, 3.63) is 23.8 Å². The standard InChI is InChI=1S/C16H23N3O4.ClH/c1-18(11-15(20)19-8-6-17-7-9-19)16(21)13-5-4-12(22-2)10-14(13)23-3;/h4-5,10,17H,6-9,11H2,1-3H3;1H. The molecule has 1 aromatic carbocycles. The maximum Gasteiger partial charge on any atom is 0.257 e. The Bertz CT molecular complexity index is 576. The summed E-state index contributed by atoms with van der Waals surface area (Å²) in [5.74, 6) is 0.733. The minimum atomic E-state index is -0.256. The Labute approximate surface area is 148 Å². The molecular weight excluding hydrogens is 334 g/mol. The largest absolute Gasteiger partial charge is 0.497 e. The second-order valence-electron chi connectivity index (χ2n) is 5.36. The fourth-order valence-corrected chi connectivity index (χ4v) is 2.47. The maximum absolute atomic E-state index is 12.6. The number of halogens is 1. The highest BCUT2D eigenvalue weighted by Crippen LogP contribution is 2.25. The van der Waals surface area contributed by atoms with Crippen molar-refractivity contribution in [3.63, 3.8) is 0 Å². The molecule has 1 saturated heterocycles. The number of piperazine rings is 1. The van der Waals surface area contributed by atoms with Crippen molar-refractivity contribution < 1.29 is 19.1 Å². The predicted octanol–water partition coefficient (Wildman–Crippen LogP) is 0.629. The van der Waals surface area contributed by atoms with Crippen LogP contribution in [-0.4, -0.2) is 75.6 Å². The molecule has 0 radical (unpaired) electrons. The molecule has 1 aliphatic heterocycles. The van der Waals surface area contributed by atoms with Gasteiger partial charge in [0.2, 0.25) is 5.91 Å². The van der Waals surface area contributed by atoms with Crippen molar-refractivity contribution in [3.8, 4) is 11.5 Å². The molecule has 1 aromatic rings. The highest BCUT2D eigenvalue weighted by molar-refractivity contribution is 5.98. The number of rotatable bonds is 5. The van der Waals surface area contributed by atoms with Gasteiger partial charge in [0.25, 0.3) is 5.91 Å². The Morgan fingerprint density at radius 2 is 1.88 bits per heavy atom. The number of carbonyl (C=O) groups excluding carboxylic acids is 2. The van der Waals surface area contributed by atoms with Gasteiger partial charge in [-0.3, -0.25) is 9.59 Å². The molecule has 2 amide bonds. The zero-order valence-electron chi connectivity index (χ0n) is 14.2. The average Bonchev–Trinajstić information content (AvgIpc) is 2.61. The van der Waals surface area contributed by atoms with Gasteiger partial charge in [-0.1, -0.05) is 0 Å². The SMILES string of the molecule is COc1ccc(C(=O)N(C)CC(=O)N2CCNCC2)c(OC)c1.Cl. The molecular formula is C16H24ClN3O4. The lowest BCUT2D eigenvalue weighted by Gasteiger charge is -2.29. The smallest absolute Gasteiger partial charge is 0.257 e. The molecule has 0 unspecified atom stereocenters. The van der Waals surface area contributed by atoms with E-state index in [9.17, 15) is 9.59 Å². The van der Waals surface area contributed by atoms with E-state index < -0.39 is 0 Å². The first kappa shape index (κ1) is 20.1. The zero-order valence-corrected chi connectivity index (χ0v) is 15.0. The van der Waals surface area contributed by atoms with Gasteiger partial charge in [0.15, 0.2) is 0 Å². The van der Waals surface area contributed by atoms with Gasteiger partial charge in [0.05, 0.1) is 26.3 Å². The molecule has 1 N–H and O–H groups in total. The second kappa shape index (κ2) is 9.34. The van der Waals surface area contributed by atoms with Gasteiger partial charge >= 0.3 is 0 Å². The summed E-state index contributed by atoms with van der Waals surface area (Å²) in [5, 5.41) is 3.19. The summed E-state index contributed by atoms with van der Waals surface area (Å²) in [5.41, 5.74) is 0.406. The number of hydrogen-bond acceptors (Lipinski definition) is 5. The van der Waals surface area contributed by atoms with Crippen LogP contribution in [0.15, 0.2) is 18.2 Å². The van der Waals surface area contributed by atoms with Crippen molar-refractivity contribution in [2.45, 2.75) is 0 Å². The summed E-state index contributed by atoms with van der Waals surface area (Å²) in [6.45, 7) is 2.97. The number of benzene rings is 1. The summed E-state index contributed by atoms with van der Waals surface area (Å²) in [6, 6.07) is 4.99. The van der Waals surface area contributed by atoms with Crippen molar-refractivity contribution >= 4 is 24.2 Å². The van der Waals surface area contributed by atoms with Crippen LogP contribution in [0.2, 0.25) is 0 Å². The quantitative estimate of drug-likeness (QED) is 0.837. The van der Waals surface area contributed by atoms with E-state index in [1.54, 1.807) is 37.3 Å². The number of nitrogens with zero attached hydrogens (tertiary/aromatic N) is 2. The Morgan fingerprint density at radius 1 is 1.21 bits per heavy atom. The van der Waals surface area contributed by atoms with E-state index in [1.807, 2.05) is 0 Å². The molecule has 1 aliphatic rings. The molecule has 134 valence electrons. The Balaban J connectivity index is 0.00000288. The number of carbonyl (C=O) groups is 2. The van der Waals surface area contributed by atoms with Gasteiger partial charge in [0, 0.05) is 39.3 Å². The van der Waals surface area contributed by atoms with E-state index in [2.05, 4.69) is 5.32 Å². The van der Waals surface area contributed by atoms with Crippen LogP contribution in [-0.2, 0) is 4.79 Å². The van der Waals surface area contributed by atoms with Gasteiger partial charge in [-0.05, 0) is 12.1 Å². The third kappa shape index (κ3) is 4.75. The number of amides is 2. The molecule has 24 heavy (non-hydrogen) atoms. The molecule has 2 rings (SSSR count). The Morgan fingerprint density at radius 3 is 2.46 bits per heavy atom. The van der Waals surface area contributed by atoms with Gasteiger partial charge in [0.1, 0.15) is 11.5 Å². The monoisotopic (exact) mass is 357 g/mol. The summed E-state index contributed by atoms with van der Waals surface area (Å²) in [7, 11) is 4.66. The van der Waals surface area contributed by atoms with E-state index in [1.165, 1.54) is 12.0 Å². The van der Waals surface area contributed by atoms with Crippen molar-refractivity contribution in [2.75, 3.05) is 54.0 Å². The zero-order chi connectivity index (χ0) is 16.8. The lowest BCUT2D eigenvalue weighted by atomic mass is 10.1. The normalized spacial score (nSPS) is 13.7. The van der Waals surface area contributed by atoms with E-state index >= 15 is 0 Å². The summed E-state index contributed by atoms with van der Waals surface area (Å²) >= 11 is 0. The fraction of sp³-hybridized carbons (Fsp3) is 0.500. The predicted molar refractivity (Wildman–Crippen MR) is 93.2 cm³/mol. The summed E-state index contributed by atoms with van der Waals surface area (Å²) < 4.78 is 10.4. The van der Waals surface area contributed by atoms with Crippen LogP contribution in [0.4, 0.5) is 0 Å². The topological polar surface area (TPSA) is 71.1 Å². The van der Waals surface area contributed by atoms with Crippen LogP contribution in [0.1, 0.15) is 10.4 Å². The number of ether oxygens (including phenoxy) is 2. The summed E-state index contributed by atoms with van der Waals surface area (Å²) in [6.07, 6.45) is 0. The van der Waals surface area contributed by atoms with Crippen molar-refractivity contribution in [1.29, 1.82) is 0 Å². The molecule has 0 atom stereocenters. The number of methoxy groups -OCH3 is 2. The Kier molecular flexibility index (Phi) is 7.81. The van der Waals surface area contributed by atoms with Crippen LogP contribution >= 0.6 is 12.4 Å². The average molecular weight is 358 g/mol. The number of likely N-dealkylation sites (N-methyl/N-ethyl adjacent to an activating group) is 1. The third-order valence-electron chi connectivity index (χ3n) is 3.83. The fourth-order valence-electron chi connectivity index (χ4n) is 2.47. The maximum atomic E-state index is 12.6. The first-order valence-electron chi connectivity index (χ1n) is 7.52. The highest BCUT2D eigenvalue weighted by atomic mass is 35.5.